The molecule has 2 N–H and O–H groups in total. The summed E-state index contributed by atoms with van der Waals surface area (Å²) >= 11 is 0. The van der Waals surface area contributed by atoms with Crippen molar-refractivity contribution >= 4 is 29.1 Å². The van der Waals surface area contributed by atoms with Gasteiger partial charge in [0.25, 0.3) is 0 Å². The van der Waals surface area contributed by atoms with Gasteiger partial charge in [0.15, 0.2) is 12.4 Å². The Morgan fingerprint density at radius 1 is 1.27 bits per heavy atom. The highest BCUT2D eigenvalue weighted by atomic mass is 16.5. The number of amides is 1. The molecule has 0 aliphatic carbocycles. The molecule has 1 atom stereocenters. The van der Waals surface area contributed by atoms with Crippen molar-refractivity contribution in [3.8, 4) is 6.07 Å². The van der Waals surface area contributed by atoms with E-state index in [-0.39, 0.29) is 17.2 Å². The van der Waals surface area contributed by atoms with Crippen LogP contribution in [0.15, 0.2) is 24.3 Å². The minimum atomic E-state index is -1.20. The summed E-state index contributed by atoms with van der Waals surface area (Å²) in [6, 6.07) is 7.63. The number of rotatable bonds is 6. The molecule has 1 rings (SSSR count). The van der Waals surface area contributed by atoms with E-state index in [1.807, 2.05) is 0 Å². The fourth-order valence-corrected chi connectivity index (χ4v) is 1.61. The average molecular weight is 301 g/mol. The number of hydrogen-bond donors (Lipinski definition) is 2. The second-order valence-electron chi connectivity index (χ2n) is 4.55. The molecule has 7 nitrogen and oxygen atoms in total. The van der Waals surface area contributed by atoms with Crippen molar-refractivity contribution in [2.75, 3.05) is 11.9 Å². The van der Waals surface area contributed by atoms with Gasteiger partial charge in [0, 0.05) is 18.3 Å². The second-order valence-corrected chi connectivity index (χ2v) is 4.55. The number of anilines is 1. The van der Waals surface area contributed by atoms with Crippen molar-refractivity contribution < 1.29 is 19.1 Å². The topological polar surface area (TPSA) is 120 Å². The number of Topliss-reactive ketones (excluding diaryl/α,β-unsaturated/α-hetero) is 1. The molecule has 1 aromatic rings. The normalized spacial score (nSPS) is 11.0. The molecule has 0 saturated heterocycles. The zero-order chi connectivity index (χ0) is 16.7. The van der Waals surface area contributed by atoms with E-state index >= 15 is 0 Å². The summed E-state index contributed by atoms with van der Waals surface area (Å²) in [6.45, 7) is 2.14. The molecule has 0 saturated carbocycles. The maximum Gasteiger partial charge on any atom is 0.338 e. The fourth-order valence-electron chi connectivity index (χ4n) is 1.61. The van der Waals surface area contributed by atoms with Gasteiger partial charge in [0.05, 0.1) is 11.6 Å². The van der Waals surface area contributed by atoms with Gasteiger partial charge in [-0.05, 0) is 31.2 Å². The minimum Gasteiger partial charge on any atom is -0.454 e. The number of hydrogen-bond acceptors (Lipinski definition) is 6. The standard InChI is InChI=1S/C15H15N3O4/c1-9(17)13(7-16)14(20)8-22-15(21)11-3-5-12(6-4-11)18-10(2)19/h3-6,13,17H,8H2,1-2H3,(H,18,19). The molecule has 0 bridgehead atoms. The first-order valence-corrected chi connectivity index (χ1v) is 6.37. The van der Waals surface area contributed by atoms with Crippen molar-refractivity contribution in [3.05, 3.63) is 29.8 Å². The number of ketones is 1. The summed E-state index contributed by atoms with van der Waals surface area (Å²) < 4.78 is 4.82. The van der Waals surface area contributed by atoms with E-state index in [4.69, 9.17) is 15.4 Å². The van der Waals surface area contributed by atoms with Gasteiger partial charge in [0.2, 0.25) is 5.91 Å². The maximum absolute atomic E-state index is 11.8. The number of nitriles is 1. The van der Waals surface area contributed by atoms with Crippen molar-refractivity contribution in [2.24, 2.45) is 5.92 Å². The summed E-state index contributed by atoms with van der Waals surface area (Å²) in [5.74, 6) is -2.79. The lowest BCUT2D eigenvalue weighted by molar-refractivity contribution is -0.122. The van der Waals surface area contributed by atoms with E-state index in [9.17, 15) is 14.4 Å². The predicted molar refractivity (Wildman–Crippen MR) is 78.5 cm³/mol. The van der Waals surface area contributed by atoms with Gasteiger partial charge in [-0.15, -0.1) is 0 Å². The zero-order valence-electron chi connectivity index (χ0n) is 12.2. The molecule has 0 aromatic heterocycles. The molecule has 0 spiro atoms. The number of carbonyl (C=O) groups excluding carboxylic acids is 3. The molecule has 7 heteroatoms. The van der Waals surface area contributed by atoms with Crippen LogP contribution in [0, 0.1) is 22.7 Å². The van der Waals surface area contributed by atoms with Crippen LogP contribution in [0.3, 0.4) is 0 Å². The zero-order valence-corrected chi connectivity index (χ0v) is 12.2. The molecular formula is C15H15N3O4. The van der Waals surface area contributed by atoms with Crippen LogP contribution in [0.25, 0.3) is 0 Å². The Labute approximate surface area is 127 Å². The Morgan fingerprint density at radius 3 is 2.32 bits per heavy atom. The SMILES string of the molecule is CC(=N)C(C#N)C(=O)COC(=O)c1ccc(NC(C)=O)cc1. The first-order chi connectivity index (χ1) is 10.3. The van der Waals surface area contributed by atoms with Gasteiger partial charge < -0.3 is 15.5 Å². The maximum atomic E-state index is 11.8. The molecule has 114 valence electrons. The quantitative estimate of drug-likeness (QED) is 0.610. The summed E-state index contributed by atoms with van der Waals surface area (Å²) in [6.07, 6.45) is 0. The Kier molecular flexibility index (Phi) is 5.96. The van der Waals surface area contributed by atoms with Gasteiger partial charge in [0.1, 0.15) is 5.92 Å². The third kappa shape index (κ3) is 4.83. The molecule has 0 aliphatic heterocycles. The molecule has 1 unspecified atom stereocenters. The van der Waals surface area contributed by atoms with Crippen molar-refractivity contribution in [3.63, 3.8) is 0 Å². The Morgan fingerprint density at radius 2 is 1.86 bits per heavy atom. The number of benzene rings is 1. The monoisotopic (exact) mass is 301 g/mol. The van der Waals surface area contributed by atoms with Crippen molar-refractivity contribution in [2.45, 2.75) is 13.8 Å². The first kappa shape index (κ1) is 17.0. The molecule has 1 aromatic carbocycles. The third-order valence-electron chi connectivity index (χ3n) is 2.67. The Balaban J connectivity index is 2.62. The molecule has 22 heavy (non-hydrogen) atoms. The van der Waals surface area contributed by atoms with Gasteiger partial charge in [-0.1, -0.05) is 0 Å². The van der Waals surface area contributed by atoms with Crippen LogP contribution in [0.2, 0.25) is 0 Å². The van der Waals surface area contributed by atoms with Gasteiger partial charge in [-0.2, -0.15) is 5.26 Å². The van der Waals surface area contributed by atoms with Crippen molar-refractivity contribution in [1.82, 2.24) is 0 Å². The fraction of sp³-hybridized carbons (Fsp3) is 0.267. The van der Waals surface area contributed by atoms with Gasteiger partial charge in [-0.3, -0.25) is 9.59 Å². The van der Waals surface area contributed by atoms with E-state index in [0.29, 0.717) is 5.69 Å². The van der Waals surface area contributed by atoms with Crippen LogP contribution < -0.4 is 5.32 Å². The predicted octanol–water partition coefficient (Wildman–Crippen LogP) is 1.55. The summed E-state index contributed by atoms with van der Waals surface area (Å²) in [4.78, 5) is 34.3. The van der Waals surface area contributed by atoms with Crippen LogP contribution in [-0.4, -0.2) is 30.0 Å². The molecule has 1 amide bonds. The Hall–Kier alpha value is -3.01. The van der Waals surface area contributed by atoms with E-state index in [0.717, 1.165) is 0 Å². The summed E-state index contributed by atoms with van der Waals surface area (Å²) in [7, 11) is 0. The lowest BCUT2D eigenvalue weighted by Gasteiger charge is -2.08. The number of nitrogens with zero attached hydrogens (tertiary/aromatic N) is 1. The summed E-state index contributed by atoms with van der Waals surface area (Å²) in [5, 5.41) is 18.6. The molecule has 0 aliphatic rings. The molecule has 0 fully saturated rings. The highest BCUT2D eigenvalue weighted by molar-refractivity contribution is 6.06. The highest BCUT2D eigenvalue weighted by Gasteiger charge is 2.21. The minimum absolute atomic E-state index is 0.0943. The smallest absolute Gasteiger partial charge is 0.338 e. The lowest BCUT2D eigenvalue weighted by Crippen LogP contribution is -2.25. The van der Waals surface area contributed by atoms with Crippen LogP contribution >= 0.6 is 0 Å². The van der Waals surface area contributed by atoms with Crippen LogP contribution in [-0.2, 0) is 14.3 Å². The van der Waals surface area contributed by atoms with E-state index < -0.39 is 24.3 Å². The lowest BCUT2D eigenvalue weighted by atomic mass is 10.0. The van der Waals surface area contributed by atoms with Gasteiger partial charge in [-0.25, -0.2) is 4.79 Å². The number of carbonyl (C=O) groups is 3. The van der Waals surface area contributed by atoms with Crippen LogP contribution in [0.4, 0.5) is 5.69 Å². The van der Waals surface area contributed by atoms with Crippen LogP contribution in [0.1, 0.15) is 24.2 Å². The largest absolute Gasteiger partial charge is 0.454 e. The molecule has 0 heterocycles. The average Bonchev–Trinajstić information content (AvgIpc) is 2.45. The third-order valence-corrected chi connectivity index (χ3v) is 2.67. The Bertz CT molecular complexity index is 644. The van der Waals surface area contributed by atoms with E-state index in [2.05, 4.69) is 5.32 Å². The van der Waals surface area contributed by atoms with Gasteiger partial charge >= 0.3 is 5.97 Å². The number of nitrogens with one attached hydrogen (secondary N) is 2. The van der Waals surface area contributed by atoms with Crippen LogP contribution in [0.5, 0.6) is 0 Å². The first-order valence-electron chi connectivity index (χ1n) is 6.37. The number of ether oxygens (including phenoxy) is 1. The highest BCUT2D eigenvalue weighted by Crippen LogP contribution is 2.11. The summed E-state index contributed by atoms with van der Waals surface area (Å²) in [5.41, 5.74) is 0.647. The number of esters is 1. The van der Waals surface area contributed by atoms with E-state index in [1.165, 1.54) is 38.1 Å². The van der Waals surface area contributed by atoms with E-state index in [1.54, 1.807) is 6.07 Å². The van der Waals surface area contributed by atoms with Crippen molar-refractivity contribution in [1.29, 1.82) is 10.7 Å². The molecule has 0 radical (unpaired) electrons. The second kappa shape index (κ2) is 7.69. The molecular weight excluding hydrogens is 286 g/mol.